The standard InChI is InChI=1S/C17H15ClO2/c1-11(19)15-13-9-5-6-10-14(13)20-17(16(15)18)12-7-3-2-4-8-12/h2-11,17,19H,1H3. The first-order valence-electron chi connectivity index (χ1n) is 6.57. The second kappa shape index (κ2) is 5.31. The van der Waals surface area contributed by atoms with Crippen molar-refractivity contribution >= 4 is 17.2 Å². The topological polar surface area (TPSA) is 29.5 Å². The highest BCUT2D eigenvalue weighted by Crippen LogP contribution is 2.44. The average Bonchev–Trinajstić information content (AvgIpc) is 2.47. The second-order valence-corrected chi connectivity index (χ2v) is 5.25. The van der Waals surface area contributed by atoms with Crippen LogP contribution in [0.25, 0.3) is 5.57 Å². The van der Waals surface area contributed by atoms with Crippen molar-refractivity contribution in [1.29, 1.82) is 0 Å². The maximum absolute atomic E-state index is 10.1. The van der Waals surface area contributed by atoms with Gasteiger partial charge in [-0.1, -0.05) is 60.1 Å². The van der Waals surface area contributed by atoms with Crippen LogP contribution in [0.2, 0.25) is 0 Å². The molecule has 1 aliphatic rings. The second-order valence-electron chi connectivity index (χ2n) is 4.84. The Morgan fingerprint density at radius 3 is 2.40 bits per heavy atom. The van der Waals surface area contributed by atoms with E-state index in [2.05, 4.69) is 0 Å². The highest BCUT2D eigenvalue weighted by atomic mass is 35.5. The van der Waals surface area contributed by atoms with Crippen LogP contribution in [0.15, 0.2) is 59.6 Å². The first-order valence-corrected chi connectivity index (χ1v) is 6.95. The lowest BCUT2D eigenvalue weighted by molar-refractivity contribution is 0.226. The van der Waals surface area contributed by atoms with Crippen LogP contribution in [-0.2, 0) is 0 Å². The molecule has 102 valence electrons. The Balaban J connectivity index is 2.15. The molecule has 0 aliphatic carbocycles. The third-order valence-electron chi connectivity index (χ3n) is 3.43. The maximum Gasteiger partial charge on any atom is 0.160 e. The predicted molar refractivity (Wildman–Crippen MR) is 80.7 cm³/mol. The van der Waals surface area contributed by atoms with Crippen molar-refractivity contribution in [2.45, 2.75) is 19.1 Å². The van der Waals surface area contributed by atoms with Crippen molar-refractivity contribution in [3.05, 3.63) is 70.8 Å². The van der Waals surface area contributed by atoms with Gasteiger partial charge in [-0.3, -0.25) is 0 Å². The number of para-hydroxylation sites is 1. The molecule has 1 aliphatic heterocycles. The summed E-state index contributed by atoms with van der Waals surface area (Å²) in [6.45, 7) is 1.72. The number of aliphatic hydroxyl groups is 1. The monoisotopic (exact) mass is 286 g/mol. The molecule has 2 unspecified atom stereocenters. The summed E-state index contributed by atoms with van der Waals surface area (Å²) in [5, 5.41) is 10.6. The Morgan fingerprint density at radius 2 is 1.70 bits per heavy atom. The molecular formula is C17H15ClO2. The van der Waals surface area contributed by atoms with E-state index in [4.69, 9.17) is 16.3 Å². The third-order valence-corrected chi connectivity index (χ3v) is 3.83. The summed E-state index contributed by atoms with van der Waals surface area (Å²) in [5.74, 6) is 0.752. The van der Waals surface area contributed by atoms with Gasteiger partial charge in [0.25, 0.3) is 0 Å². The zero-order valence-electron chi connectivity index (χ0n) is 11.1. The summed E-state index contributed by atoms with van der Waals surface area (Å²) in [4.78, 5) is 0. The Hall–Kier alpha value is -1.77. The van der Waals surface area contributed by atoms with Crippen molar-refractivity contribution in [2.24, 2.45) is 0 Å². The van der Waals surface area contributed by atoms with E-state index in [0.29, 0.717) is 5.03 Å². The van der Waals surface area contributed by atoms with Crippen LogP contribution < -0.4 is 4.74 Å². The first-order chi connectivity index (χ1) is 9.68. The number of hydrogen-bond acceptors (Lipinski definition) is 2. The van der Waals surface area contributed by atoms with E-state index in [-0.39, 0.29) is 6.10 Å². The van der Waals surface area contributed by atoms with Gasteiger partial charge >= 0.3 is 0 Å². The largest absolute Gasteiger partial charge is 0.479 e. The van der Waals surface area contributed by atoms with Crippen molar-refractivity contribution in [3.63, 3.8) is 0 Å². The van der Waals surface area contributed by atoms with Crippen LogP contribution in [0.3, 0.4) is 0 Å². The lowest BCUT2D eigenvalue weighted by atomic mass is 9.94. The minimum absolute atomic E-state index is 0.364. The fourth-order valence-corrected chi connectivity index (χ4v) is 2.94. The molecule has 2 nitrogen and oxygen atoms in total. The molecule has 0 fully saturated rings. The third kappa shape index (κ3) is 2.21. The molecule has 1 N–H and O–H groups in total. The molecule has 3 rings (SSSR count). The van der Waals surface area contributed by atoms with Crippen molar-refractivity contribution < 1.29 is 9.84 Å². The lowest BCUT2D eigenvalue weighted by Gasteiger charge is -2.29. The fraction of sp³-hybridized carbons (Fsp3) is 0.176. The summed E-state index contributed by atoms with van der Waals surface area (Å²) in [7, 11) is 0. The van der Waals surface area contributed by atoms with Crippen LogP contribution in [0.1, 0.15) is 24.2 Å². The van der Waals surface area contributed by atoms with Gasteiger partial charge in [0, 0.05) is 11.1 Å². The predicted octanol–water partition coefficient (Wildman–Crippen LogP) is 4.15. The van der Waals surface area contributed by atoms with Crippen LogP contribution in [0.5, 0.6) is 5.75 Å². The summed E-state index contributed by atoms with van der Waals surface area (Å²) in [6, 6.07) is 17.4. The number of benzene rings is 2. The normalized spacial score (nSPS) is 19.2. The van der Waals surface area contributed by atoms with Gasteiger partial charge in [0.15, 0.2) is 6.10 Å². The molecule has 2 atom stereocenters. The highest BCUT2D eigenvalue weighted by molar-refractivity contribution is 6.33. The fourth-order valence-electron chi connectivity index (χ4n) is 2.51. The van der Waals surface area contributed by atoms with Crippen molar-refractivity contribution in [3.8, 4) is 5.75 Å². The first kappa shape index (κ1) is 13.2. The van der Waals surface area contributed by atoms with Crippen molar-refractivity contribution in [2.75, 3.05) is 0 Å². The Morgan fingerprint density at radius 1 is 1.05 bits per heavy atom. The molecule has 0 amide bonds. The number of ether oxygens (including phenoxy) is 1. The average molecular weight is 287 g/mol. The van der Waals surface area contributed by atoms with E-state index < -0.39 is 6.10 Å². The van der Waals surface area contributed by atoms with Gasteiger partial charge in [-0.25, -0.2) is 0 Å². The minimum atomic E-state index is -0.640. The van der Waals surface area contributed by atoms with E-state index in [1.165, 1.54) is 0 Å². The van der Waals surface area contributed by atoms with E-state index in [1.54, 1.807) is 6.92 Å². The number of fused-ring (bicyclic) bond motifs is 1. The van der Waals surface area contributed by atoms with E-state index >= 15 is 0 Å². The molecule has 0 saturated carbocycles. The Kier molecular flexibility index (Phi) is 3.51. The van der Waals surface area contributed by atoms with E-state index in [0.717, 1.165) is 22.4 Å². The number of halogens is 1. The maximum atomic E-state index is 10.1. The molecule has 3 heteroatoms. The number of hydrogen-bond donors (Lipinski definition) is 1. The highest BCUT2D eigenvalue weighted by Gasteiger charge is 2.30. The van der Waals surface area contributed by atoms with Gasteiger partial charge in [-0.05, 0) is 18.6 Å². The van der Waals surface area contributed by atoms with E-state index in [9.17, 15) is 5.11 Å². The van der Waals surface area contributed by atoms with Gasteiger partial charge < -0.3 is 9.84 Å². The molecule has 0 aromatic heterocycles. The van der Waals surface area contributed by atoms with Gasteiger partial charge in [-0.2, -0.15) is 0 Å². The van der Waals surface area contributed by atoms with E-state index in [1.807, 2.05) is 54.6 Å². The molecule has 2 aromatic rings. The zero-order chi connectivity index (χ0) is 14.1. The molecule has 0 radical (unpaired) electrons. The SMILES string of the molecule is CC(O)C1=C(Cl)C(c2ccccc2)Oc2ccccc21. The van der Waals surface area contributed by atoms with Crippen LogP contribution in [0.4, 0.5) is 0 Å². The number of aliphatic hydroxyl groups excluding tert-OH is 1. The molecular weight excluding hydrogens is 272 g/mol. The van der Waals surface area contributed by atoms with Gasteiger partial charge in [-0.15, -0.1) is 0 Å². The summed E-state index contributed by atoms with van der Waals surface area (Å²) >= 11 is 6.50. The van der Waals surface area contributed by atoms with Crippen LogP contribution in [0, 0.1) is 0 Å². The zero-order valence-corrected chi connectivity index (χ0v) is 11.8. The van der Waals surface area contributed by atoms with Crippen LogP contribution >= 0.6 is 11.6 Å². The Labute approximate surface area is 123 Å². The minimum Gasteiger partial charge on any atom is -0.479 e. The summed E-state index contributed by atoms with van der Waals surface area (Å²) in [5.41, 5.74) is 2.58. The number of rotatable bonds is 2. The molecule has 20 heavy (non-hydrogen) atoms. The quantitative estimate of drug-likeness (QED) is 0.898. The van der Waals surface area contributed by atoms with Gasteiger partial charge in [0.2, 0.25) is 0 Å². The van der Waals surface area contributed by atoms with Gasteiger partial charge in [0.05, 0.1) is 11.1 Å². The Bertz CT molecular complexity index is 647. The van der Waals surface area contributed by atoms with Crippen molar-refractivity contribution in [1.82, 2.24) is 0 Å². The van der Waals surface area contributed by atoms with Gasteiger partial charge in [0.1, 0.15) is 5.75 Å². The summed E-state index contributed by atoms with van der Waals surface area (Å²) < 4.78 is 6.01. The molecule has 1 heterocycles. The molecule has 0 bridgehead atoms. The smallest absolute Gasteiger partial charge is 0.160 e. The van der Waals surface area contributed by atoms with Crippen LogP contribution in [-0.4, -0.2) is 11.2 Å². The lowest BCUT2D eigenvalue weighted by Crippen LogP contribution is -2.19. The molecule has 0 spiro atoms. The summed E-state index contributed by atoms with van der Waals surface area (Å²) in [6.07, 6.45) is -1.00. The molecule has 0 saturated heterocycles. The molecule has 2 aromatic carbocycles.